The SMILES string of the molecule is CC(=CCCC(=O)CC(O)CCO)CCCC(C)CCCC(C)CCCC(C)C. The molecule has 0 amide bonds. The van der Waals surface area contributed by atoms with E-state index in [0.29, 0.717) is 6.42 Å². The highest BCUT2D eigenvalue weighted by Gasteiger charge is 2.10. The zero-order valence-corrected chi connectivity index (χ0v) is 20.1. The lowest BCUT2D eigenvalue weighted by Gasteiger charge is -2.15. The van der Waals surface area contributed by atoms with Crippen LogP contribution in [0.15, 0.2) is 11.6 Å². The van der Waals surface area contributed by atoms with Crippen molar-refractivity contribution in [2.75, 3.05) is 6.61 Å². The van der Waals surface area contributed by atoms with Gasteiger partial charge in [0, 0.05) is 19.4 Å². The molecular formula is C26H50O3. The maximum Gasteiger partial charge on any atom is 0.135 e. The first-order valence-corrected chi connectivity index (χ1v) is 12.2. The van der Waals surface area contributed by atoms with Crippen molar-refractivity contribution in [3.63, 3.8) is 0 Å². The summed E-state index contributed by atoms with van der Waals surface area (Å²) >= 11 is 0. The van der Waals surface area contributed by atoms with Crippen LogP contribution in [0.3, 0.4) is 0 Å². The van der Waals surface area contributed by atoms with Crippen LogP contribution in [0, 0.1) is 17.8 Å². The number of Topliss-reactive ketones (excluding diaryl/α,β-unsaturated/α-hetero) is 1. The standard InChI is InChI=1S/C26H50O3/c1-21(2)10-6-11-22(3)12-7-13-23(4)14-8-15-24(5)16-9-17-25(28)20-26(29)18-19-27/h16,21-23,26-27,29H,6-15,17-20H2,1-5H3. The smallest absolute Gasteiger partial charge is 0.135 e. The van der Waals surface area contributed by atoms with E-state index in [1.165, 1.54) is 56.9 Å². The molecule has 3 heteroatoms. The Morgan fingerprint density at radius 1 is 0.828 bits per heavy atom. The van der Waals surface area contributed by atoms with E-state index < -0.39 is 6.10 Å². The zero-order chi connectivity index (χ0) is 22.1. The maximum atomic E-state index is 11.8. The molecule has 0 aliphatic rings. The molecule has 0 radical (unpaired) electrons. The Labute approximate surface area is 181 Å². The van der Waals surface area contributed by atoms with Gasteiger partial charge in [0.2, 0.25) is 0 Å². The van der Waals surface area contributed by atoms with Gasteiger partial charge < -0.3 is 10.2 Å². The minimum absolute atomic E-state index is 0.0663. The third-order valence-corrected chi connectivity index (χ3v) is 5.98. The molecule has 0 fully saturated rings. The lowest BCUT2D eigenvalue weighted by Crippen LogP contribution is -2.14. The Hall–Kier alpha value is -0.670. The molecule has 3 atom stereocenters. The first-order valence-electron chi connectivity index (χ1n) is 12.2. The van der Waals surface area contributed by atoms with Crippen LogP contribution in [0.4, 0.5) is 0 Å². The van der Waals surface area contributed by atoms with Crippen molar-refractivity contribution in [2.24, 2.45) is 17.8 Å². The number of allylic oxidation sites excluding steroid dienone is 2. The highest BCUT2D eigenvalue weighted by molar-refractivity contribution is 5.78. The third-order valence-electron chi connectivity index (χ3n) is 5.98. The average Bonchev–Trinajstić information content (AvgIpc) is 2.61. The van der Waals surface area contributed by atoms with Gasteiger partial charge in [-0.3, -0.25) is 4.79 Å². The summed E-state index contributed by atoms with van der Waals surface area (Å²) < 4.78 is 0. The van der Waals surface area contributed by atoms with Crippen LogP contribution in [0.1, 0.15) is 118 Å². The number of rotatable bonds is 19. The Bertz CT molecular complexity index is 428. The number of hydrogen-bond donors (Lipinski definition) is 2. The fourth-order valence-electron chi connectivity index (χ4n) is 3.90. The van der Waals surface area contributed by atoms with Crippen LogP contribution in [0.2, 0.25) is 0 Å². The van der Waals surface area contributed by atoms with Gasteiger partial charge in [-0.15, -0.1) is 0 Å². The third kappa shape index (κ3) is 19.1. The van der Waals surface area contributed by atoms with Gasteiger partial charge in [-0.2, -0.15) is 0 Å². The van der Waals surface area contributed by atoms with E-state index in [1.54, 1.807) is 0 Å². The highest BCUT2D eigenvalue weighted by atomic mass is 16.3. The Morgan fingerprint density at radius 2 is 1.38 bits per heavy atom. The molecule has 0 rings (SSSR count). The van der Waals surface area contributed by atoms with Crippen LogP contribution >= 0.6 is 0 Å². The molecule has 3 nitrogen and oxygen atoms in total. The van der Waals surface area contributed by atoms with Gasteiger partial charge in [0.05, 0.1) is 6.10 Å². The molecule has 0 spiro atoms. The number of aliphatic hydroxyl groups excluding tert-OH is 2. The van der Waals surface area contributed by atoms with Gasteiger partial charge in [-0.25, -0.2) is 0 Å². The predicted octanol–water partition coefficient (Wildman–Crippen LogP) is 6.85. The average molecular weight is 411 g/mol. The lowest BCUT2D eigenvalue weighted by molar-refractivity contribution is -0.121. The molecule has 3 unspecified atom stereocenters. The molecule has 0 saturated carbocycles. The molecule has 2 N–H and O–H groups in total. The predicted molar refractivity (Wildman–Crippen MR) is 125 cm³/mol. The van der Waals surface area contributed by atoms with Gasteiger partial charge in [-0.05, 0) is 50.4 Å². The van der Waals surface area contributed by atoms with Crippen LogP contribution in [0.25, 0.3) is 0 Å². The van der Waals surface area contributed by atoms with Crippen molar-refractivity contribution in [2.45, 2.75) is 124 Å². The number of carbonyl (C=O) groups excluding carboxylic acids is 1. The topological polar surface area (TPSA) is 57.5 Å². The summed E-state index contributed by atoms with van der Waals surface area (Å²) in [6.45, 7) is 11.5. The van der Waals surface area contributed by atoms with Gasteiger partial charge in [0.25, 0.3) is 0 Å². The van der Waals surface area contributed by atoms with Crippen LogP contribution in [-0.2, 0) is 4.79 Å². The molecule has 0 aromatic carbocycles. The second kappa shape index (κ2) is 18.1. The van der Waals surface area contributed by atoms with Gasteiger partial charge in [0.1, 0.15) is 5.78 Å². The molecule has 172 valence electrons. The minimum atomic E-state index is -0.693. The largest absolute Gasteiger partial charge is 0.396 e. The number of carbonyl (C=O) groups is 1. The monoisotopic (exact) mass is 410 g/mol. The molecule has 0 aliphatic carbocycles. The van der Waals surface area contributed by atoms with Gasteiger partial charge in [-0.1, -0.05) is 84.3 Å². The summed E-state index contributed by atoms with van der Waals surface area (Å²) in [5.41, 5.74) is 1.37. The van der Waals surface area contributed by atoms with Gasteiger partial charge in [0.15, 0.2) is 0 Å². The Balaban J connectivity index is 3.75. The number of aliphatic hydroxyl groups is 2. The van der Waals surface area contributed by atoms with Gasteiger partial charge >= 0.3 is 0 Å². The molecule has 0 aromatic rings. The molecule has 0 saturated heterocycles. The van der Waals surface area contributed by atoms with E-state index >= 15 is 0 Å². The van der Waals surface area contributed by atoms with E-state index in [-0.39, 0.29) is 25.2 Å². The second-order valence-corrected chi connectivity index (χ2v) is 9.86. The summed E-state index contributed by atoms with van der Waals surface area (Å²) in [7, 11) is 0. The molecule has 29 heavy (non-hydrogen) atoms. The van der Waals surface area contributed by atoms with E-state index in [0.717, 1.165) is 30.6 Å². The van der Waals surface area contributed by atoms with E-state index in [2.05, 4.69) is 40.7 Å². The fourth-order valence-corrected chi connectivity index (χ4v) is 3.90. The second-order valence-electron chi connectivity index (χ2n) is 9.86. The van der Waals surface area contributed by atoms with E-state index in [9.17, 15) is 9.90 Å². The molecule has 0 bridgehead atoms. The summed E-state index contributed by atoms with van der Waals surface area (Å²) in [5.74, 6) is 2.60. The zero-order valence-electron chi connectivity index (χ0n) is 20.1. The highest BCUT2D eigenvalue weighted by Crippen LogP contribution is 2.22. The quantitative estimate of drug-likeness (QED) is 0.229. The summed E-state index contributed by atoms with van der Waals surface area (Å²) in [5, 5.41) is 18.3. The van der Waals surface area contributed by atoms with Crippen LogP contribution in [0.5, 0.6) is 0 Å². The first kappa shape index (κ1) is 28.3. The van der Waals surface area contributed by atoms with E-state index in [1.807, 2.05) is 0 Å². The van der Waals surface area contributed by atoms with E-state index in [4.69, 9.17) is 5.11 Å². The first-order chi connectivity index (χ1) is 13.7. The van der Waals surface area contributed by atoms with Crippen LogP contribution in [-0.4, -0.2) is 28.7 Å². The normalized spacial score (nSPS) is 15.5. The summed E-state index contributed by atoms with van der Waals surface area (Å²) in [6, 6.07) is 0. The minimum Gasteiger partial charge on any atom is -0.396 e. The number of ketones is 1. The molecule has 0 aromatic heterocycles. The van der Waals surface area contributed by atoms with Crippen LogP contribution < -0.4 is 0 Å². The Kier molecular flexibility index (Phi) is 17.7. The van der Waals surface area contributed by atoms with Crippen molar-refractivity contribution >= 4 is 5.78 Å². The molecular weight excluding hydrogens is 360 g/mol. The fraction of sp³-hybridized carbons (Fsp3) is 0.885. The lowest BCUT2D eigenvalue weighted by atomic mass is 9.91. The molecule has 0 aliphatic heterocycles. The van der Waals surface area contributed by atoms with Crippen molar-refractivity contribution in [1.29, 1.82) is 0 Å². The van der Waals surface area contributed by atoms with Crippen molar-refractivity contribution in [3.05, 3.63) is 11.6 Å². The maximum absolute atomic E-state index is 11.8. The molecule has 0 heterocycles. The summed E-state index contributed by atoms with van der Waals surface area (Å²) in [4.78, 5) is 11.8. The number of hydrogen-bond acceptors (Lipinski definition) is 3. The van der Waals surface area contributed by atoms with Crippen molar-refractivity contribution < 1.29 is 15.0 Å². The Morgan fingerprint density at radius 3 is 1.93 bits per heavy atom. The van der Waals surface area contributed by atoms with Crippen molar-refractivity contribution in [3.8, 4) is 0 Å². The van der Waals surface area contributed by atoms with Crippen molar-refractivity contribution in [1.82, 2.24) is 0 Å². The summed E-state index contributed by atoms with van der Waals surface area (Å²) in [6.07, 6.45) is 15.1.